The van der Waals surface area contributed by atoms with Crippen LogP contribution in [-0.2, 0) is 6.54 Å². The van der Waals surface area contributed by atoms with Gasteiger partial charge in [-0.15, -0.1) is 0 Å². The third kappa shape index (κ3) is 3.06. The Morgan fingerprint density at radius 1 is 1.29 bits per heavy atom. The van der Waals surface area contributed by atoms with Crippen molar-refractivity contribution in [3.63, 3.8) is 0 Å². The van der Waals surface area contributed by atoms with E-state index in [9.17, 15) is 4.79 Å². The summed E-state index contributed by atoms with van der Waals surface area (Å²) >= 11 is 0. The van der Waals surface area contributed by atoms with Crippen LogP contribution in [0.2, 0.25) is 0 Å². The number of nitrogens with one attached hydrogen (secondary N) is 1. The molecule has 2 aromatic heterocycles. The van der Waals surface area contributed by atoms with Crippen LogP contribution in [-0.4, -0.2) is 37.6 Å². The van der Waals surface area contributed by atoms with Crippen molar-refractivity contribution in [2.75, 3.05) is 13.1 Å². The van der Waals surface area contributed by atoms with Crippen LogP contribution < -0.4 is 5.56 Å². The monoisotopic (exact) mass is 325 g/mol. The third-order valence-corrected chi connectivity index (χ3v) is 4.96. The molecule has 2 aromatic rings. The fourth-order valence-corrected chi connectivity index (χ4v) is 3.40. The second-order valence-electron chi connectivity index (χ2n) is 6.91. The van der Waals surface area contributed by atoms with Gasteiger partial charge in [-0.3, -0.25) is 14.8 Å². The zero-order valence-electron chi connectivity index (χ0n) is 14.0. The van der Waals surface area contributed by atoms with Crippen LogP contribution >= 0.6 is 0 Å². The molecule has 1 aliphatic heterocycles. The van der Waals surface area contributed by atoms with E-state index < -0.39 is 0 Å². The highest BCUT2D eigenvalue weighted by molar-refractivity contribution is 5.63. The highest BCUT2D eigenvalue weighted by atomic mass is 16.1. The van der Waals surface area contributed by atoms with Crippen molar-refractivity contribution in [3.8, 4) is 0 Å². The molecule has 4 rings (SSSR count). The van der Waals surface area contributed by atoms with Crippen molar-refractivity contribution in [2.45, 2.75) is 39.2 Å². The van der Waals surface area contributed by atoms with Gasteiger partial charge in [0.1, 0.15) is 0 Å². The van der Waals surface area contributed by atoms with Gasteiger partial charge in [-0.05, 0) is 50.3 Å². The van der Waals surface area contributed by atoms with Crippen molar-refractivity contribution < 1.29 is 0 Å². The molecule has 3 heterocycles. The van der Waals surface area contributed by atoms with Crippen LogP contribution in [0, 0.1) is 5.92 Å². The first-order chi connectivity index (χ1) is 11.7. The van der Waals surface area contributed by atoms with Crippen molar-refractivity contribution in [1.29, 1.82) is 0 Å². The minimum absolute atomic E-state index is 0.0916. The number of hydrogen-bond donors (Lipinski definition) is 1. The predicted molar refractivity (Wildman–Crippen MR) is 93.6 cm³/mol. The molecule has 1 fully saturated rings. The normalized spacial score (nSPS) is 19.8. The standard InChI is InChI=1S/C18H23N5O/c1-13-7-9-22(10-8-13)12-15-11-16(24)23-18(19-15)20-17(21-23)14-5-3-2-4-6-14/h2-3,5,11,13H,4,6-10,12H2,1H3,(H,19,20,21). The van der Waals surface area contributed by atoms with Crippen LogP contribution in [0.4, 0.5) is 0 Å². The van der Waals surface area contributed by atoms with E-state index in [-0.39, 0.29) is 5.56 Å². The first-order valence-corrected chi connectivity index (χ1v) is 8.76. The second-order valence-corrected chi connectivity index (χ2v) is 6.91. The van der Waals surface area contributed by atoms with Crippen molar-refractivity contribution in [1.82, 2.24) is 24.5 Å². The van der Waals surface area contributed by atoms with Gasteiger partial charge in [0, 0.05) is 12.6 Å². The Bertz CT molecular complexity index is 852. The van der Waals surface area contributed by atoms with Crippen LogP contribution in [0.25, 0.3) is 11.4 Å². The minimum atomic E-state index is -0.0916. The first-order valence-electron chi connectivity index (χ1n) is 8.76. The molecule has 0 amide bonds. The lowest BCUT2D eigenvalue weighted by Crippen LogP contribution is -2.33. The summed E-state index contributed by atoms with van der Waals surface area (Å²) < 4.78 is 1.44. The fourth-order valence-electron chi connectivity index (χ4n) is 3.40. The largest absolute Gasteiger partial charge is 0.297 e. The summed E-state index contributed by atoms with van der Waals surface area (Å²) in [5.74, 6) is 2.01. The summed E-state index contributed by atoms with van der Waals surface area (Å²) in [7, 11) is 0. The molecule has 0 bridgehead atoms. The lowest BCUT2D eigenvalue weighted by atomic mass is 9.99. The van der Waals surface area contributed by atoms with E-state index in [0.29, 0.717) is 5.78 Å². The number of hydrogen-bond acceptors (Lipinski definition) is 4. The van der Waals surface area contributed by atoms with Gasteiger partial charge in [-0.1, -0.05) is 25.2 Å². The lowest BCUT2D eigenvalue weighted by Gasteiger charge is -2.29. The fraction of sp³-hybridized carbons (Fsp3) is 0.500. The minimum Gasteiger partial charge on any atom is -0.297 e. The molecule has 0 aromatic carbocycles. The molecule has 2 aliphatic rings. The van der Waals surface area contributed by atoms with Crippen LogP contribution in [0.3, 0.4) is 0 Å². The number of piperidine rings is 1. The van der Waals surface area contributed by atoms with Gasteiger partial charge in [0.25, 0.3) is 11.3 Å². The molecule has 1 aliphatic carbocycles. The Morgan fingerprint density at radius 2 is 2.12 bits per heavy atom. The summed E-state index contributed by atoms with van der Waals surface area (Å²) in [5, 5.41) is 3.08. The van der Waals surface area contributed by atoms with Gasteiger partial charge in [0.2, 0.25) is 0 Å². The molecule has 6 nitrogen and oxygen atoms in total. The van der Waals surface area contributed by atoms with Crippen molar-refractivity contribution in [2.24, 2.45) is 5.92 Å². The van der Waals surface area contributed by atoms with Crippen LogP contribution in [0.15, 0.2) is 29.1 Å². The predicted octanol–water partition coefficient (Wildman–Crippen LogP) is 2.38. The number of fused-ring (bicyclic) bond motifs is 1. The molecule has 1 N–H and O–H groups in total. The van der Waals surface area contributed by atoms with E-state index in [4.69, 9.17) is 0 Å². The molecule has 126 valence electrons. The van der Waals surface area contributed by atoms with Crippen LogP contribution in [0.5, 0.6) is 0 Å². The Kier molecular flexibility index (Phi) is 4.06. The van der Waals surface area contributed by atoms with Crippen LogP contribution in [0.1, 0.15) is 44.1 Å². The maximum atomic E-state index is 12.4. The van der Waals surface area contributed by atoms with E-state index in [0.717, 1.165) is 55.5 Å². The lowest BCUT2D eigenvalue weighted by molar-refractivity contribution is 0.183. The SMILES string of the molecule is CC1CCN(Cc2cc(=O)n3[nH]c(C4=CC=CCC4)nc3n2)CC1. The quantitative estimate of drug-likeness (QED) is 0.941. The number of rotatable bonds is 3. The number of likely N-dealkylation sites (tertiary alicyclic amines) is 1. The van der Waals surface area contributed by atoms with Gasteiger partial charge in [-0.2, -0.15) is 9.50 Å². The smallest absolute Gasteiger partial charge is 0.274 e. The maximum Gasteiger partial charge on any atom is 0.274 e. The summed E-state index contributed by atoms with van der Waals surface area (Å²) in [6.45, 7) is 5.18. The molecule has 24 heavy (non-hydrogen) atoms. The summed E-state index contributed by atoms with van der Waals surface area (Å²) in [6.07, 6.45) is 10.6. The van der Waals surface area contributed by atoms with E-state index in [1.54, 1.807) is 6.07 Å². The summed E-state index contributed by atoms with van der Waals surface area (Å²) in [4.78, 5) is 23.9. The molecule has 1 saturated heterocycles. The molecule has 0 atom stereocenters. The second kappa shape index (κ2) is 6.36. The van der Waals surface area contributed by atoms with E-state index in [1.165, 1.54) is 17.4 Å². The number of aromatic nitrogens is 4. The summed E-state index contributed by atoms with van der Waals surface area (Å²) in [6, 6.07) is 1.63. The number of nitrogens with zero attached hydrogens (tertiary/aromatic N) is 4. The molecular weight excluding hydrogens is 302 g/mol. The zero-order chi connectivity index (χ0) is 16.5. The van der Waals surface area contributed by atoms with E-state index in [1.807, 2.05) is 12.2 Å². The Morgan fingerprint density at radius 3 is 2.88 bits per heavy atom. The third-order valence-electron chi connectivity index (χ3n) is 4.96. The first kappa shape index (κ1) is 15.3. The Hall–Kier alpha value is -2.21. The highest BCUT2D eigenvalue weighted by Crippen LogP contribution is 2.21. The molecule has 0 spiro atoms. The Balaban J connectivity index is 1.61. The Labute approximate surface area is 140 Å². The van der Waals surface area contributed by atoms with E-state index in [2.05, 4.69) is 33.0 Å². The molecule has 0 unspecified atom stereocenters. The van der Waals surface area contributed by atoms with E-state index >= 15 is 0 Å². The molecular formula is C18H23N5O. The van der Waals surface area contributed by atoms with Gasteiger partial charge >= 0.3 is 0 Å². The number of allylic oxidation sites excluding steroid dienone is 4. The highest BCUT2D eigenvalue weighted by Gasteiger charge is 2.17. The van der Waals surface area contributed by atoms with Gasteiger partial charge < -0.3 is 0 Å². The van der Waals surface area contributed by atoms with Crippen molar-refractivity contribution in [3.05, 3.63) is 46.2 Å². The van der Waals surface area contributed by atoms with Crippen molar-refractivity contribution >= 4 is 11.4 Å². The number of aromatic amines is 1. The average Bonchev–Trinajstić information content (AvgIpc) is 3.03. The molecule has 0 saturated carbocycles. The topological polar surface area (TPSA) is 66.3 Å². The van der Waals surface area contributed by atoms with Gasteiger partial charge in [0.05, 0.1) is 5.69 Å². The van der Waals surface area contributed by atoms with Gasteiger partial charge in [-0.25, -0.2) is 4.98 Å². The average molecular weight is 325 g/mol. The zero-order valence-corrected chi connectivity index (χ0v) is 14.0. The molecule has 6 heteroatoms. The van der Waals surface area contributed by atoms with Gasteiger partial charge in [0.15, 0.2) is 5.82 Å². The molecule has 0 radical (unpaired) electrons. The maximum absolute atomic E-state index is 12.4. The number of H-pyrrole nitrogens is 1. The summed E-state index contributed by atoms with van der Waals surface area (Å²) in [5.41, 5.74) is 1.84.